The van der Waals surface area contributed by atoms with Crippen molar-refractivity contribution in [3.63, 3.8) is 0 Å². The summed E-state index contributed by atoms with van der Waals surface area (Å²) in [5.41, 5.74) is 1.36. The number of ether oxygens (including phenoxy) is 1. The third-order valence-corrected chi connectivity index (χ3v) is 3.99. The van der Waals surface area contributed by atoms with Gasteiger partial charge in [-0.1, -0.05) is 22.9 Å². The number of benzene rings is 2. The van der Waals surface area contributed by atoms with Crippen LogP contribution in [0.3, 0.4) is 0 Å². The smallest absolute Gasteiger partial charge is 0.358 e. The summed E-state index contributed by atoms with van der Waals surface area (Å²) < 4.78 is 19.7. The number of carboxylic acid groups (broad SMARTS) is 1. The van der Waals surface area contributed by atoms with Crippen LogP contribution in [0.1, 0.15) is 16.1 Å². The lowest BCUT2D eigenvalue weighted by molar-refractivity contribution is 0.0691. The number of rotatable bonds is 5. The number of aromatic carboxylic acids is 1. The van der Waals surface area contributed by atoms with Crippen LogP contribution in [-0.4, -0.2) is 33.2 Å². The quantitative estimate of drug-likeness (QED) is 0.752. The summed E-state index contributed by atoms with van der Waals surface area (Å²) in [7, 11) is 1.54. The number of hydrogen-bond acceptors (Lipinski definition) is 4. The standard InChI is InChI=1S/C17H13ClFN3O3/c1-25-13-6-3-10(4-7-13)16-15(17(23)24)20-21-22(16)9-11-2-5-12(19)8-14(11)18/h2-8H,9H2,1H3,(H,23,24). The van der Waals surface area contributed by atoms with Crippen molar-refractivity contribution in [2.45, 2.75) is 6.54 Å². The molecule has 0 amide bonds. The minimum atomic E-state index is -1.19. The van der Waals surface area contributed by atoms with Crippen LogP contribution < -0.4 is 4.74 Å². The number of carbonyl (C=O) groups is 1. The number of aromatic nitrogens is 3. The van der Waals surface area contributed by atoms with E-state index in [0.717, 1.165) is 0 Å². The molecule has 1 heterocycles. The van der Waals surface area contributed by atoms with E-state index in [4.69, 9.17) is 16.3 Å². The van der Waals surface area contributed by atoms with Gasteiger partial charge < -0.3 is 9.84 Å². The van der Waals surface area contributed by atoms with Gasteiger partial charge in [-0.05, 0) is 42.0 Å². The summed E-state index contributed by atoms with van der Waals surface area (Å²) >= 11 is 6.05. The zero-order chi connectivity index (χ0) is 18.0. The molecule has 2 aromatic carbocycles. The van der Waals surface area contributed by atoms with E-state index in [1.165, 1.54) is 22.9 Å². The fourth-order valence-electron chi connectivity index (χ4n) is 2.41. The van der Waals surface area contributed by atoms with Crippen molar-refractivity contribution < 1.29 is 19.0 Å². The second-order valence-corrected chi connectivity index (χ2v) is 5.62. The maximum Gasteiger partial charge on any atom is 0.358 e. The maximum atomic E-state index is 13.2. The molecule has 8 heteroatoms. The number of halogens is 2. The average Bonchev–Trinajstić information content (AvgIpc) is 3.01. The van der Waals surface area contributed by atoms with Gasteiger partial charge in [-0.3, -0.25) is 0 Å². The van der Waals surface area contributed by atoms with E-state index in [0.29, 0.717) is 22.6 Å². The Morgan fingerprint density at radius 3 is 2.60 bits per heavy atom. The Morgan fingerprint density at radius 2 is 2.00 bits per heavy atom. The number of methoxy groups -OCH3 is 1. The van der Waals surface area contributed by atoms with Crippen LogP contribution in [0.2, 0.25) is 5.02 Å². The Kier molecular flexibility index (Phi) is 4.67. The highest BCUT2D eigenvalue weighted by Crippen LogP contribution is 2.27. The summed E-state index contributed by atoms with van der Waals surface area (Å²) in [6.07, 6.45) is 0. The highest BCUT2D eigenvalue weighted by Gasteiger charge is 2.21. The molecule has 3 rings (SSSR count). The van der Waals surface area contributed by atoms with Gasteiger partial charge >= 0.3 is 5.97 Å². The molecule has 0 saturated carbocycles. The van der Waals surface area contributed by atoms with Gasteiger partial charge in [-0.25, -0.2) is 13.9 Å². The summed E-state index contributed by atoms with van der Waals surface area (Å²) in [4.78, 5) is 11.5. The Labute approximate surface area is 147 Å². The van der Waals surface area contributed by atoms with Crippen molar-refractivity contribution in [1.29, 1.82) is 0 Å². The van der Waals surface area contributed by atoms with E-state index in [1.54, 1.807) is 31.4 Å². The minimum absolute atomic E-state index is 0.154. The van der Waals surface area contributed by atoms with Gasteiger partial charge in [0.05, 0.1) is 13.7 Å². The molecule has 0 aliphatic rings. The van der Waals surface area contributed by atoms with Crippen molar-refractivity contribution in [3.8, 4) is 17.0 Å². The highest BCUT2D eigenvalue weighted by atomic mass is 35.5. The van der Waals surface area contributed by atoms with Gasteiger partial charge in [0.2, 0.25) is 0 Å². The third kappa shape index (κ3) is 3.46. The van der Waals surface area contributed by atoms with Crippen molar-refractivity contribution in [1.82, 2.24) is 15.0 Å². The van der Waals surface area contributed by atoms with Gasteiger partial charge in [-0.15, -0.1) is 5.10 Å². The van der Waals surface area contributed by atoms with Gasteiger partial charge in [0.1, 0.15) is 17.3 Å². The predicted molar refractivity (Wildman–Crippen MR) is 89.5 cm³/mol. The Bertz CT molecular complexity index is 925. The molecule has 0 aliphatic carbocycles. The fourth-order valence-corrected chi connectivity index (χ4v) is 2.64. The topological polar surface area (TPSA) is 77.2 Å². The lowest BCUT2D eigenvalue weighted by Crippen LogP contribution is -2.06. The molecule has 1 N–H and O–H groups in total. The van der Waals surface area contributed by atoms with Crippen molar-refractivity contribution in [2.24, 2.45) is 0 Å². The molecule has 0 fully saturated rings. The lowest BCUT2D eigenvalue weighted by atomic mass is 10.1. The number of nitrogens with zero attached hydrogens (tertiary/aromatic N) is 3. The molecule has 3 aromatic rings. The minimum Gasteiger partial charge on any atom is -0.497 e. The summed E-state index contributed by atoms with van der Waals surface area (Å²) in [6.45, 7) is 0.154. The molecule has 0 saturated heterocycles. The number of carboxylic acids is 1. The lowest BCUT2D eigenvalue weighted by Gasteiger charge is -2.09. The first kappa shape index (κ1) is 16.9. The molecule has 6 nitrogen and oxygen atoms in total. The molecular formula is C17H13ClFN3O3. The molecule has 128 valence electrons. The van der Waals surface area contributed by atoms with E-state index in [-0.39, 0.29) is 17.3 Å². The van der Waals surface area contributed by atoms with Crippen molar-refractivity contribution in [2.75, 3.05) is 7.11 Å². The van der Waals surface area contributed by atoms with Crippen LogP contribution in [0.25, 0.3) is 11.3 Å². The first-order valence-electron chi connectivity index (χ1n) is 7.24. The first-order chi connectivity index (χ1) is 12.0. The molecular weight excluding hydrogens is 349 g/mol. The molecule has 0 atom stereocenters. The average molecular weight is 362 g/mol. The van der Waals surface area contributed by atoms with Crippen LogP contribution in [0, 0.1) is 5.82 Å². The first-order valence-corrected chi connectivity index (χ1v) is 7.62. The van der Waals surface area contributed by atoms with Crippen LogP contribution in [0.15, 0.2) is 42.5 Å². The monoisotopic (exact) mass is 361 g/mol. The van der Waals surface area contributed by atoms with Gasteiger partial charge in [0, 0.05) is 10.6 Å². The SMILES string of the molecule is COc1ccc(-c2c(C(=O)O)nnn2Cc2ccc(F)cc2Cl)cc1. The molecule has 0 unspecified atom stereocenters. The van der Waals surface area contributed by atoms with Gasteiger partial charge in [0.15, 0.2) is 5.69 Å². The second kappa shape index (κ2) is 6.90. The van der Waals surface area contributed by atoms with E-state index in [2.05, 4.69) is 10.3 Å². The molecule has 1 aromatic heterocycles. The summed E-state index contributed by atoms with van der Waals surface area (Å²) in [6, 6.07) is 10.9. The second-order valence-electron chi connectivity index (χ2n) is 5.21. The van der Waals surface area contributed by atoms with Gasteiger partial charge in [0.25, 0.3) is 0 Å². The fraction of sp³-hybridized carbons (Fsp3) is 0.118. The summed E-state index contributed by atoms with van der Waals surface area (Å²) in [5, 5.41) is 17.3. The molecule has 0 spiro atoms. The Morgan fingerprint density at radius 1 is 1.28 bits per heavy atom. The van der Waals surface area contributed by atoms with Crippen LogP contribution in [0.4, 0.5) is 4.39 Å². The largest absolute Gasteiger partial charge is 0.497 e. The molecule has 0 radical (unpaired) electrons. The van der Waals surface area contributed by atoms with Crippen LogP contribution >= 0.6 is 11.6 Å². The zero-order valence-corrected chi connectivity index (χ0v) is 13.9. The third-order valence-electron chi connectivity index (χ3n) is 3.64. The van der Waals surface area contributed by atoms with Gasteiger partial charge in [-0.2, -0.15) is 0 Å². The molecule has 0 aliphatic heterocycles. The highest BCUT2D eigenvalue weighted by molar-refractivity contribution is 6.31. The molecule has 25 heavy (non-hydrogen) atoms. The van der Waals surface area contributed by atoms with E-state index < -0.39 is 11.8 Å². The Balaban J connectivity index is 2.06. The van der Waals surface area contributed by atoms with E-state index in [9.17, 15) is 14.3 Å². The van der Waals surface area contributed by atoms with Crippen LogP contribution in [-0.2, 0) is 6.54 Å². The van der Waals surface area contributed by atoms with Crippen molar-refractivity contribution in [3.05, 3.63) is 64.6 Å². The van der Waals surface area contributed by atoms with Crippen molar-refractivity contribution >= 4 is 17.6 Å². The molecule has 0 bridgehead atoms. The van der Waals surface area contributed by atoms with Crippen LogP contribution in [0.5, 0.6) is 5.75 Å². The number of hydrogen-bond donors (Lipinski definition) is 1. The normalized spacial score (nSPS) is 10.7. The Hall–Kier alpha value is -2.93. The van der Waals surface area contributed by atoms with E-state index in [1.807, 2.05) is 0 Å². The maximum absolute atomic E-state index is 13.2. The summed E-state index contributed by atoms with van der Waals surface area (Å²) in [5.74, 6) is -1.00. The zero-order valence-electron chi connectivity index (χ0n) is 13.1. The predicted octanol–water partition coefficient (Wildman–Crippen LogP) is 3.49. The van der Waals surface area contributed by atoms with E-state index >= 15 is 0 Å².